The Hall–Kier alpha value is -1.70. The SMILES string of the molecule is CC[C@H]1C(O[Si](C)(C)C)C2C3CCC([C@H](C)CCC(=O)NS(=O)(=O)c4ccc(OC(F)(F)F)cc4)[C@@]3(C)CCC2[C@@]2(C)CC[C@@H](O)[C@H](F)[C@@H]12. The van der Waals surface area contributed by atoms with Crippen LogP contribution in [0.3, 0.4) is 0 Å². The molecule has 4 fully saturated rings. The van der Waals surface area contributed by atoms with Crippen molar-refractivity contribution >= 4 is 24.2 Å². The van der Waals surface area contributed by atoms with Gasteiger partial charge in [0, 0.05) is 12.3 Å². The van der Waals surface area contributed by atoms with Gasteiger partial charge in [0.25, 0.3) is 10.0 Å². The van der Waals surface area contributed by atoms with E-state index in [4.69, 9.17) is 4.43 Å². The fourth-order valence-electron chi connectivity index (χ4n) is 11.1. The smallest absolute Gasteiger partial charge is 0.414 e. The lowest BCUT2D eigenvalue weighted by molar-refractivity contribution is -0.274. The molecule has 49 heavy (non-hydrogen) atoms. The van der Waals surface area contributed by atoms with Crippen molar-refractivity contribution in [2.45, 2.75) is 135 Å². The molecular formula is C36H55F4NO6SSi. The van der Waals surface area contributed by atoms with Crippen molar-refractivity contribution in [3.05, 3.63) is 24.3 Å². The summed E-state index contributed by atoms with van der Waals surface area (Å²) in [6, 6.07) is 3.72. The minimum Gasteiger partial charge on any atom is -0.414 e. The largest absolute Gasteiger partial charge is 0.573 e. The molecular weight excluding hydrogens is 679 g/mol. The third-order valence-electron chi connectivity index (χ3n) is 13.1. The van der Waals surface area contributed by atoms with E-state index in [1.807, 2.05) is 0 Å². The van der Waals surface area contributed by atoms with Crippen LogP contribution in [0.2, 0.25) is 19.6 Å². The van der Waals surface area contributed by atoms with Crippen molar-refractivity contribution in [2.75, 3.05) is 0 Å². The van der Waals surface area contributed by atoms with E-state index in [0.717, 1.165) is 62.8 Å². The molecule has 0 heterocycles. The monoisotopic (exact) mass is 733 g/mol. The minimum absolute atomic E-state index is 0.00179. The molecule has 7 nitrogen and oxygen atoms in total. The van der Waals surface area contributed by atoms with E-state index < -0.39 is 48.6 Å². The molecule has 13 heteroatoms. The highest BCUT2D eigenvalue weighted by Gasteiger charge is 2.67. The number of halogens is 4. The molecule has 2 N–H and O–H groups in total. The van der Waals surface area contributed by atoms with Gasteiger partial charge in [-0.25, -0.2) is 17.5 Å². The van der Waals surface area contributed by atoms with Crippen molar-refractivity contribution in [3.63, 3.8) is 0 Å². The Morgan fingerprint density at radius 1 is 1.04 bits per heavy atom. The Bertz CT molecular complexity index is 1450. The third-order valence-corrected chi connectivity index (χ3v) is 15.4. The van der Waals surface area contributed by atoms with Gasteiger partial charge in [-0.05, 0) is 135 Å². The summed E-state index contributed by atoms with van der Waals surface area (Å²) in [5.74, 6) is 0.0302. The molecule has 1 amide bonds. The Morgan fingerprint density at radius 2 is 1.65 bits per heavy atom. The van der Waals surface area contributed by atoms with Gasteiger partial charge in [0.2, 0.25) is 5.91 Å². The first-order chi connectivity index (χ1) is 22.6. The summed E-state index contributed by atoms with van der Waals surface area (Å²) in [5.41, 5.74) is -0.210. The lowest BCUT2D eigenvalue weighted by Gasteiger charge is -2.66. The number of hydrogen-bond donors (Lipinski definition) is 2. The van der Waals surface area contributed by atoms with Crippen LogP contribution in [0.25, 0.3) is 0 Å². The number of aliphatic hydroxyl groups excluding tert-OH is 1. The number of hydrogen-bond acceptors (Lipinski definition) is 6. The first kappa shape index (κ1) is 38.5. The summed E-state index contributed by atoms with van der Waals surface area (Å²) in [6.45, 7) is 15.6. The molecule has 5 unspecified atom stereocenters. The Morgan fingerprint density at radius 3 is 2.24 bits per heavy atom. The maximum absolute atomic E-state index is 16.1. The highest BCUT2D eigenvalue weighted by Crippen LogP contribution is 2.70. The van der Waals surface area contributed by atoms with E-state index in [2.05, 4.69) is 56.8 Å². The van der Waals surface area contributed by atoms with E-state index in [9.17, 15) is 31.5 Å². The molecule has 4 saturated carbocycles. The number of carbonyl (C=O) groups excluding carboxylic acids is 1. The predicted octanol–water partition coefficient (Wildman–Crippen LogP) is 8.24. The number of benzene rings is 1. The lowest BCUT2D eigenvalue weighted by atomic mass is 9.41. The van der Waals surface area contributed by atoms with Crippen LogP contribution in [0.4, 0.5) is 17.6 Å². The van der Waals surface area contributed by atoms with E-state index >= 15 is 4.39 Å². The van der Waals surface area contributed by atoms with E-state index in [1.165, 1.54) is 0 Å². The molecule has 0 radical (unpaired) electrons. The average molecular weight is 734 g/mol. The van der Waals surface area contributed by atoms with Gasteiger partial charge in [-0.1, -0.05) is 34.1 Å². The Labute approximate surface area is 290 Å². The highest BCUT2D eigenvalue weighted by atomic mass is 32.2. The second-order valence-electron chi connectivity index (χ2n) is 16.9. The van der Waals surface area contributed by atoms with Crippen molar-refractivity contribution in [2.24, 2.45) is 52.3 Å². The molecule has 1 aromatic carbocycles. The van der Waals surface area contributed by atoms with Crippen LogP contribution in [0, 0.1) is 52.3 Å². The van der Waals surface area contributed by atoms with Gasteiger partial charge >= 0.3 is 6.36 Å². The number of alkyl halides is 4. The molecule has 12 atom stereocenters. The zero-order valence-electron chi connectivity index (χ0n) is 29.9. The molecule has 4 aliphatic carbocycles. The van der Waals surface area contributed by atoms with Gasteiger partial charge in [0.05, 0.1) is 17.1 Å². The summed E-state index contributed by atoms with van der Waals surface area (Å²) >= 11 is 0. The van der Waals surface area contributed by atoms with Gasteiger partial charge in [-0.15, -0.1) is 13.2 Å². The van der Waals surface area contributed by atoms with E-state index in [0.29, 0.717) is 30.6 Å². The molecule has 0 bridgehead atoms. The zero-order chi connectivity index (χ0) is 36.3. The quantitative estimate of drug-likeness (QED) is 0.186. The van der Waals surface area contributed by atoms with Crippen molar-refractivity contribution in [1.82, 2.24) is 4.72 Å². The number of ether oxygens (including phenoxy) is 1. The van der Waals surface area contributed by atoms with E-state index in [1.54, 1.807) is 0 Å². The topological polar surface area (TPSA) is 102 Å². The normalized spacial score (nSPS) is 38.6. The van der Waals surface area contributed by atoms with Crippen LogP contribution in [0.5, 0.6) is 5.75 Å². The number of amides is 1. The molecule has 5 rings (SSSR count). The van der Waals surface area contributed by atoms with Crippen LogP contribution in [-0.4, -0.2) is 52.5 Å². The molecule has 4 aliphatic rings. The van der Waals surface area contributed by atoms with Crippen LogP contribution >= 0.6 is 0 Å². The zero-order valence-corrected chi connectivity index (χ0v) is 31.7. The van der Waals surface area contributed by atoms with Crippen LogP contribution < -0.4 is 9.46 Å². The highest BCUT2D eigenvalue weighted by molar-refractivity contribution is 7.90. The summed E-state index contributed by atoms with van der Waals surface area (Å²) in [5, 5.41) is 10.7. The van der Waals surface area contributed by atoms with Gasteiger partial charge in [0.15, 0.2) is 8.32 Å². The Balaban J connectivity index is 1.30. The average Bonchev–Trinajstić information content (AvgIpc) is 3.34. The third kappa shape index (κ3) is 7.60. The number of rotatable bonds is 10. The van der Waals surface area contributed by atoms with Crippen molar-refractivity contribution in [3.8, 4) is 5.75 Å². The minimum atomic E-state index is -4.90. The van der Waals surface area contributed by atoms with Crippen LogP contribution in [0.1, 0.15) is 85.5 Å². The number of nitrogens with one attached hydrogen (secondary N) is 1. The van der Waals surface area contributed by atoms with E-state index in [-0.39, 0.29) is 51.9 Å². The standard InChI is InChI=1S/C36H55F4NO6SSi/c1-8-24-31-32(37)28(42)18-20-35(31,4)27-17-19-34(3)25(14-15-26(34)30(27)33(24)47-49(5,6)7)21(2)9-16-29(43)41-48(44,45)23-12-10-22(11-13-23)46-36(38,39)40/h10-13,21,24-28,30-33,42H,8-9,14-20H2,1-7H3,(H,41,43)/t21-,24-,25?,26?,27?,28-,30?,31-,32+,33?,34-,35-/m1/s1. The fraction of sp³-hybridized carbons (Fsp3) is 0.806. The van der Waals surface area contributed by atoms with Crippen molar-refractivity contribution in [1.29, 1.82) is 0 Å². The number of carbonyl (C=O) groups is 1. The van der Waals surface area contributed by atoms with Gasteiger partial charge in [-0.3, -0.25) is 4.79 Å². The number of aliphatic hydroxyl groups is 1. The molecule has 0 aromatic heterocycles. The maximum atomic E-state index is 16.1. The van der Waals surface area contributed by atoms with Gasteiger partial charge < -0.3 is 14.3 Å². The number of fused-ring (bicyclic) bond motifs is 5. The van der Waals surface area contributed by atoms with Crippen molar-refractivity contribution < 1.29 is 45.0 Å². The summed E-state index contributed by atoms with van der Waals surface area (Å²) < 4.78 is 92.1. The molecule has 0 saturated heterocycles. The molecule has 278 valence electrons. The summed E-state index contributed by atoms with van der Waals surface area (Å²) in [6.07, 6.45) is -0.521. The second kappa shape index (κ2) is 13.7. The fourth-order valence-corrected chi connectivity index (χ4v) is 13.3. The summed E-state index contributed by atoms with van der Waals surface area (Å²) in [7, 11) is -6.29. The van der Waals surface area contributed by atoms with Crippen LogP contribution in [-0.2, 0) is 19.2 Å². The molecule has 0 aliphatic heterocycles. The van der Waals surface area contributed by atoms with Gasteiger partial charge in [-0.2, -0.15) is 0 Å². The molecule has 1 aromatic rings. The maximum Gasteiger partial charge on any atom is 0.573 e. The second-order valence-corrected chi connectivity index (χ2v) is 23.1. The summed E-state index contributed by atoms with van der Waals surface area (Å²) in [4.78, 5) is 12.6. The first-order valence-electron chi connectivity index (χ1n) is 18.0. The lowest BCUT2D eigenvalue weighted by Crippen LogP contribution is -2.66. The molecule has 0 spiro atoms. The number of sulfonamides is 1. The van der Waals surface area contributed by atoms with Gasteiger partial charge in [0.1, 0.15) is 11.9 Å². The first-order valence-corrected chi connectivity index (χ1v) is 22.9. The van der Waals surface area contributed by atoms with Crippen LogP contribution in [0.15, 0.2) is 29.2 Å². The predicted molar refractivity (Wildman–Crippen MR) is 181 cm³/mol. The Kier molecular flexibility index (Phi) is 10.8.